The zero-order chi connectivity index (χ0) is 15.2. The van der Waals surface area contributed by atoms with Crippen molar-refractivity contribution < 1.29 is 4.74 Å². The molecule has 1 aliphatic rings. The molecule has 1 aromatic heterocycles. The van der Waals surface area contributed by atoms with Crippen LogP contribution in [0.15, 0.2) is 12.3 Å². The summed E-state index contributed by atoms with van der Waals surface area (Å²) < 4.78 is 5.44. The third-order valence-electron chi connectivity index (χ3n) is 4.46. The maximum absolute atomic E-state index is 5.44. The quantitative estimate of drug-likeness (QED) is 0.862. The van der Waals surface area contributed by atoms with Crippen LogP contribution in [0.5, 0.6) is 5.88 Å². The van der Waals surface area contributed by atoms with Crippen molar-refractivity contribution in [1.82, 2.24) is 4.98 Å². The highest BCUT2D eigenvalue weighted by molar-refractivity contribution is 5.74. The van der Waals surface area contributed by atoms with Gasteiger partial charge < -0.3 is 15.0 Å². The summed E-state index contributed by atoms with van der Waals surface area (Å²) in [6.07, 6.45) is 9.66. The minimum absolute atomic E-state index is 0.537. The molecule has 0 atom stereocenters. The highest BCUT2D eigenvalue weighted by atomic mass is 16.5. The van der Waals surface area contributed by atoms with Crippen LogP contribution in [-0.4, -0.2) is 32.2 Å². The number of aromatic nitrogens is 1. The predicted octanol–water partition coefficient (Wildman–Crippen LogP) is 3.93. The molecular weight excluding hydrogens is 262 g/mol. The Labute approximate surface area is 128 Å². The first-order valence-electron chi connectivity index (χ1n) is 8.12. The normalized spacial score (nSPS) is 21.9. The number of anilines is 2. The molecule has 0 radical (unpaired) electrons. The molecule has 0 saturated heterocycles. The highest BCUT2D eigenvalue weighted by Crippen LogP contribution is 2.36. The molecule has 4 heteroatoms. The summed E-state index contributed by atoms with van der Waals surface area (Å²) in [5.74, 6) is 1.62. The van der Waals surface area contributed by atoms with Crippen molar-refractivity contribution in [2.45, 2.75) is 51.5 Å². The van der Waals surface area contributed by atoms with Crippen molar-refractivity contribution in [3.8, 4) is 5.88 Å². The van der Waals surface area contributed by atoms with Gasteiger partial charge in [0.2, 0.25) is 5.88 Å². The van der Waals surface area contributed by atoms with Crippen LogP contribution < -0.4 is 15.0 Å². The zero-order valence-electron chi connectivity index (χ0n) is 13.9. The van der Waals surface area contributed by atoms with Crippen molar-refractivity contribution in [3.63, 3.8) is 0 Å². The number of methoxy groups -OCH3 is 1. The molecule has 1 heterocycles. The Morgan fingerprint density at radius 2 is 2.00 bits per heavy atom. The van der Waals surface area contributed by atoms with Crippen LogP contribution in [-0.2, 0) is 0 Å². The van der Waals surface area contributed by atoms with Gasteiger partial charge in [-0.3, -0.25) is 0 Å². The van der Waals surface area contributed by atoms with E-state index in [0.717, 1.165) is 17.3 Å². The van der Waals surface area contributed by atoms with Crippen molar-refractivity contribution in [3.05, 3.63) is 12.3 Å². The second kappa shape index (κ2) is 7.53. The average Bonchev–Trinajstić information content (AvgIpc) is 2.49. The van der Waals surface area contributed by atoms with E-state index in [4.69, 9.17) is 4.74 Å². The largest absolute Gasteiger partial charge is 0.479 e. The summed E-state index contributed by atoms with van der Waals surface area (Å²) in [5.41, 5.74) is 2.17. The van der Waals surface area contributed by atoms with E-state index in [0.29, 0.717) is 11.9 Å². The molecule has 1 aliphatic carbocycles. The van der Waals surface area contributed by atoms with E-state index < -0.39 is 0 Å². The Morgan fingerprint density at radius 1 is 1.29 bits per heavy atom. The van der Waals surface area contributed by atoms with E-state index >= 15 is 0 Å². The van der Waals surface area contributed by atoms with Gasteiger partial charge in [-0.25, -0.2) is 4.98 Å². The fraction of sp³-hybridized carbons (Fsp3) is 0.706. The van der Waals surface area contributed by atoms with Crippen molar-refractivity contribution in [2.24, 2.45) is 5.92 Å². The summed E-state index contributed by atoms with van der Waals surface area (Å²) in [5, 5.41) is 3.68. The Morgan fingerprint density at radius 3 is 2.57 bits per heavy atom. The van der Waals surface area contributed by atoms with E-state index in [9.17, 15) is 0 Å². The van der Waals surface area contributed by atoms with Gasteiger partial charge in [-0.1, -0.05) is 19.8 Å². The summed E-state index contributed by atoms with van der Waals surface area (Å²) in [6, 6.07) is 2.57. The Hall–Kier alpha value is -1.45. The molecule has 4 nitrogen and oxygen atoms in total. The van der Waals surface area contributed by atoms with Gasteiger partial charge in [-0.15, -0.1) is 0 Å². The predicted molar refractivity (Wildman–Crippen MR) is 89.4 cm³/mol. The van der Waals surface area contributed by atoms with Gasteiger partial charge in [0.15, 0.2) is 0 Å². The molecule has 0 bridgehead atoms. The van der Waals surface area contributed by atoms with E-state index in [1.807, 2.05) is 6.07 Å². The lowest BCUT2D eigenvalue weighted by Gasteiger charge is -2.31. The number of hydrogen-bond acceptors (Lipinski definition) is 4. The van der Waals surface area contributed by atoms with Gasteiger partial charge in [0, 0.05) is 26.3 Å². The number of nitrogens with one attached hydrogen (secondary N) is 1. The van der Waals surface area contributed by atoms with Crippen LogP contribution >= 0.6 is 0 Å². The molecule has 1 saturated carbocycles. The Balaban J connectivity index is 2.06. The maximum atomic E-state index is 5.44. The number of pyridine rings is 1. The van der Waals surface area contributed by atoms with Gasteiger partial charge in [-0.2, -0.15) is 0 Å². The van der Waals surface area contributed by atoms with Crippen LogP contribution in [0.1, 0.15) is 45.4 Å². The van der Waals surface area contributed by atoms with E-state index in [-0.39, 0.29) is 0 Å². The molecule has 0 unspecified atom stereocenters. The molecule has 21 heavy (non-hydrogen) atoms. The molecule has 118 valence electrons. The number of nitrogens with zero attached hydrogens (tertiary/aromatic N) is 2. The van der Waals surface area contributed by atoms with Gasteiger partial charge >= 0.3 is 0 Å². The maximum Gasteiger partial charge on any atom is 0.239 e. The monoisotopic (exact) mass is 291 g/mol. The highest BCUT2D eigenvalue weighted by Gasteiger charge is 2.23. The lowest BCUT2D eigenvalue weighted by molar-refractivity contribution is 0.318. The van der Waals surface area contributed by atoms with Gasteiger partial charge in [0.05, 0.1) is 12.8 Å². The standard InChI is InChI=1S/C17H29N3O/c1-5-6-13-7-9-14(10-8-13)19-16-15(20(2)3)11-12-18-17(16)21-4/h11-14,19H,5-10H2,1-4H3. The van der Waals surface area contributed by atoms with Crippen LogP contribution in [0.3, 0.4) is 0 Å². The van der Waals surface area contributed by atoms with Crippen LogP contribution in [0, 0.1) is 5.92 Å². The van der Waals surface area contributed by atoms with Crippen LogP contribution in [0.2, 0.25) is 0 Å². The number of rotatable bonds is 6. The molecular formula is C17H29N3O. The van der Waals surface area contributed by atoms with Crippen molar-refractivity contribution in [2.75, 3.05) is 31.4 Å². The molecule has 0 aliphatic heterocycles. The molecule has 0 aromatic carbocycles. The first-order chi connectivity index (χ1) is 10.2. The fourth-order valence-corrected chi connectivity index (χ4v) is 3.30. The summed E-state index contributed by atoms with van der Waals surface area (Å²) in [6.45, 7) is 2.29. The first kappa shape index (κ1) is 15.9. The number of ether oxygens (including phenoxy) is 1. The summed E-state index contributed by atoms with van der Waals surface area (Å²) >= 11 is 0. The second-order valence-corrected chi connectivity index (χ2v) is 6.26. The molecule has 1 fully saturated rings. The molecule has 0 spiro atoms. The second-order valence-electron chi connectivity index (χ2n) is 6.26. The zero-order valence-corrected chi connectivity index (χ0v) is 13.9. The molecule has 1 N–H and O–H groups in total. The smallest absolute Gasteiger partial charge is 0.239 e. The molecule has 2 rings (SSSR count). The van der Waals surface area contributed by atoms with Crippen LogP contribution in [0.4, 0.5) is 11.4 Å². The van der Waals surface area contributed by atoms with E-state index in [2.05, 4.69) is 36.2 Å². The Kier molecular flexibility index (Phi) is 5.71. The third-order valence-corrected chi connectivity index (χ3v) is 4.46. The first-order valence-corrected chi connectivity index (χ1v) is 8.12. The minimum atomic E-state index is 0.537. The molecule has 1 aromatic rings. The summed E-state index contributed by atoms with van der Waals surface area (Å²) in [7, 11) is 5.79. The lowest BCUT2D eigenvalue weighted by atomic mass is 9.83. The van der Waals surface area contributed by atoms with Gasteiger partial charge in [-0.05, 0) is 37.7 Å². The van der Waals surface area contributed by atoms with Gasteiger partial charge in [0.25, 0.3) is 0 Å². The van der Waals surface area contributed by atoms with Crippen molar-refractivity contribution >= 4 is 11.4 Å². The topological polar surface area (TPSA) is 37.4 Å². The number of hydrogen-bond donors (Lipinski definition) is 1. The minimum Gasteiger partial charge on any atom is -0.479 e. The van der Waals surface area contributed by atoms with Crippen LogP contribution in [0.25, 0.3) is 0 Å². The van der Waals surface area contributed by atoms with Crippen molar-refractivity contribution in [1.29, 1.82) is 0 Å². The summed E-state index contributed by atoms with van der Waals surface area (Å²) in [4.78, 5) is 6.45. The average molecular weight is 291 g/mol. The van der Waals surface area contributed by atoms with E-state index in [1.54, 1.807) is 13.3 Å². The van der Waals surface area contributed by atoms with Gasteiger partial charge in [0.1, 0.15) is 5.69 Å². The lowest BCUT2D eigenvalue weighted by Crippen LogP contribution is -2.27. The van der Waals surface area contributed by atoms with E-state index in [1.165, 1.54) is 38.5 Å². The SMILES string of the molecule is CCCC1CCC(Nc2c(N(C)C)ccnc2OC)CC1. The molecule has 0 amide bonds. The fourth-order valence-electron chi connectivity index (χ4n) is 3.30. The Bertz CT molecular complexity index is 440. The third kappa shape index (κ3) is 4.02.